The first-order valence-corrected chi connectivity index (χ1v) is 16.9. The standard InChI is InChI=1S/C34H16S3Se/c1-3-35-29-13-23-9-25-15-31-27(11-21(25)7-19(23)5-17(1)29)34-33(37-31)28-12-22-8-20-6-18-2-4-36-30(18)14-24(20)10-26(22)16-32(28)38-34/h1-16H. The van der Waals surface area contributed by atoms with Crippen LogP contribution in [0.15, 0.2) is 95.7 Å². The molecule has 38 heavy (non-hydrogen) atoms. The number of rotatable bonds is 0. The zero-order chi connectivity index (χ0) is 24.5. The van der Waals surface area contributed by atoms with Crippen LogP contribution < -0.4 is 0 Å². The van der Waals surface area contributed by atoms with Gasteiger partial charge in [-0.25, -0.2) is 0 Å². The summed E-state index contributed by atoms with van der Waals surface area (Å²) in [6.45, 7) is 0. The van der Waals surface area contributed by atoms with E-state index in [1.54, 1.807) is 4.26 Å². The molecular weight excluding hydrogens is 584 g/mol. The van der Waals surface area contributed by atoms with Crippen molar-refractivity contribution in [3.8, 4) is 0 Å². The molecule has 4 aromatic heterocycles. The predicted molar refractivity (Wildman–Crippen MR) is 175 cm³/mol. The van der Waals surface area contributed by atoms with E-state index < -0.39 is 0 Å². The van der Waals surface area contributed by atoms with E-state index in [1.165, 1.54) is 87.7 Å². The summed E-state index contributed by atoms with van der Waals surface area (Å²) in [7, 11) is 0. The van der Waals surface area contributed by atoms with E-state index in [-0.39, 0.29) is 0 Å². The van der Waals surface area contributed by atoms with Gasteiger partial charge in [-0.3, -0.25) is 0 Å². The molecule has 0 aliphatic carbocycles. The molecule has 0 spiro atoms. The van der Waals surface area contributed by atoms with Gasteiger partial charge in [-0.1, -0.05) is 0 Å². The van der Waals surface area contributed by atoms with Crippen molar-refractivity contribution in [1.29, 1.82) is 0 Å². The Labute approximate surface area is 234 Å². The minimum atomic E-state index is 0.330. The SMILES string of the molecule is c1cc2cc3cc4cc5c(cc4cc3cc2s1)sc1c2cc3cc4cc6ccsc6cc4cc3cc2[se]c51. The Hall–Kier alpha value is -3.24. The summed E-state index contributed by atoms with van der Waals surface area (Å²) in [5, 5.41) is 20.8. The van der Waals surface area contributed by atoms with Crippen LogP contribution in [0.25, 0.3) is 92.0 Å². The molecule has 4 heterocycles. The van der Waals surface area contributed by atoms with Crippen molar-refractivity contribution < 1.29 is 0 Å². The normalized spacial score (nSPS) is 12.7. The van der Waals surface area contributed by atoms with E-state index in [2.05, 4.69) is 95.7 Å². The van der Waals surface area contributed by atoms with Gasteiger partial charge in [0.1, 0.15) is 0 Å². The maximum absolute atomic E-state index is 2.47. The molecule has 0 radical (unpaired) electrons. The van der Waals surface area contributed by atoms with Crippen molar-refractivity contribution in [3.63, 3.8) is 0 Å². The Kier molecular flexibility index (Phi) is 3.94. The number of fused-ring (bicyclic) bond motifs is 11. The molecule has 0 N–H and O–H groups in total. The first-order chi connectivity index (χ1) is 18.7. The van der Waals surface area contributed by atoms with Gasteiger partial charge in [0.15, 0.2) is 0 Å². The third-order valence-corrected chi connectivity index (χ3v) is 13.8. The first-order valence-electron chi connectivity index (χ1n) is 12.6. The molecule has 0 fully saturated rings. The summed E-state index contributed by atoms with van der Waals surface area (Å²) in [5.41, 5.74) is 0. The van der Waals surface area contributed by atoms with Crippen LogP contribution >= 0.6 is 34.0 Å². The first kappa shape index (κ1) is 20.7. The van der Waals surface area contributed by atoms with Gasteiger partial charge < -0.3 is 0 Å². The van der Waals surface area contributed by atoms with Crippen molar-refractivity contribution in [2.75, 3.05) is 0 Å². The fraction of sp³-hybridized carbons (Fsp3) is 0. The average molecular weight is 600 g/mol. The summed E-state index contributed by atoms with van der Waals surface area (Å²) in [6.07, 6.45) is 0. The molecule has 0 amide bonds. The van der Waals surface area contributed by atoms with Crippen molar-refractivity contribution >= 4 is 140 Å². The van der Waals surface area contributed by atoms with Crippen LogP contribution in [0.5, 0.6) is 0 Å². The van der Waals surface area contributed by atoms with Gasteiger partial charge in [0.05, 0.1) is 0 Å². The van der Waals surface area contributed by atoms with Gasteiger partial charge in [-0.2, -0.15) is 0 Å². The van der Waals surface area contributed by atoms with E-state index in [4.69, 9.17) is 0 Å². The molecule has 0 saturated heterocycles. The third-order valence-electron chi connectivity index (χ3n) is 8.05. The summed E-state index contributed by atoms with van der Waals surface area (Å²) >= 11 is 5.97. The summed E-state index contributed by atoms with van der Waals surface area (Å²) in [4.78, 5) is 0. The van der Waals surface area contributed by atoms with Gasteiger partial charge in [0, 0.05) is 0 Å². The van der Waals surface area contributed by atoms with E-state index >= 15 is 0 Å². The Morgan fingerprint density at radius 2 is 0.895 bits per heavy atom. The number of hydrogen-bond donors (Lipinski definition) is 0. The van der Waals surface area contributed by atoms with Gasteiger partial charge in [-0.05, 0) is 0 Å². The van der Waals surface area contributed by atoms with E-state index in [9.17, 15) is 0 Å². The molecule has 4 heteroatoms. The molecule has 6 aromatic carbocycles. The zero-order valence-corrected chi connectivity index (χ0v) is 24.0. The van der Waals surface area contributed by atoms with Crippen molar-refractivity contribution in [1.82, 2.24) is 0 Å². The molecule has 10 rings (SSSR count). The van der Waals surface area contributed by atoms with Gasteiger partial charge in [0.25, 0.3) is 0 Å². The number of hydrogen-bond acceptors (Lipinski definition) is 3. The Bertz CT molecular complexity index is 2440. The second kappa shape index (κ2) is 7.24. The van der Waals surface area contributed by atoms with E-state index in [0.717, 1.165) is 0 Å². The van der Waals surface area contributed by atoms with Crippen LogP contribution in [0.3, 0.4) is 0 Å². The molecule has 10 aromatic rings. The average Bonchev–Trinajstić information content (AvgIpc) is 3.70. The Morgan fingerprint density at radius 3 is 1.53 bits per heavy atom. The molecule has 0 aliphatic heterocycles. The van der Waals surface area contributed by atoms with Crippen LogP contribution in [0.4, 0.5) is 0 Å². The number of thiophene rings is 3. The Morgan fingerprint density at radius 1 is 0.421 bits per heavy atom. The second-order valence-corrected chi connectivity index (χ2v) is 15.4. The van der Waals surface area contributed by atoms with Crippen molar-refractivity contribution in [2.45, 2.75) is 0 Å². The van der Waals surface area contributed by atoms with Gasteiger partial charge in [-0.15, -0.1) is 0 Å². The van der Waals surface area contributed by atoms with E-state index in [1.807, 2.05) is 34.0 Å². The molecule has 0 bridgehead atoms. The topological polar surface area (TPSA) is 0 Å². The second-order valence-electron chi connectivity index (χ2n) is 10.3. The van der Waals surface area contributed by atoms with E-state index in [0.29, 0.717) is 14.5 Å². The molecule has 0 nitrogen and oxygen atoms in total. The predicted octanol–water partition coefficient (Wildman–Crippen LogP) is 11.3. The summed E-state index contributed by atoms with van der Waals surface area (Å²) < 4.78 is 8.75. The van der Waals surface area contributed by atoms with Crippen LogP contribution in [0, 0.1) is 0 Å². The van der Waals surface area contributed by atoms with Gasteiger partial charge >= 0.3 is 236 Å². The van der Waals surface area contributed by atoms with Gasteiger partial charge in [0.2, 0.25) is 0 Å². The summed E-state index contributed by atoms with van der Waals surface area (Å²) in [6, 6.07) is 33.3. The zero-order valence-electron chi connectivity index (χ0n) is 19.9. The van der Waals surface area contributed by atoms with Crippen LogP contribution in [0.2, 0.25) is 0 Å². The monoisotopic (exact) mass is 600 g/mol. The third kappa shape index (κ3) is 2.79. The maximum atomic E-state index is 2.47. The Balaban J connectivity index is 1.24. The molecule has 0 saturated carbocycles. The van der Waals surface area contributed by atoms with Crippen LogP contribution in [-0.4, -0.2) is 14.5 Å². The quantitative estimate of drug-likeness (QED) is 0.120. The molecule has 0 unspecified atom stereocenters. The number of benzene rings is 6. The summed E-state index contributed by atoms with van der Waals surface area (Å²) in [5.74, 6) is 0. The van der Waals surface area contributed by atoms with Crippen LogP contribution in [-0.2, 0) is 0 Å². The molecular formula is C34H16S3Se. The minimum absolute atomic E-state index is 0.330. The van der Waals surface area contributed by atoms with Crippen LogP contribution in [0.1, 0.15) is 0 Å². The fourth-order valence-electron chi connectivity index (χ4n) is 6.17. The molecule has 176 valence electrons. The molecule has 0 atom stereocenters. The fourth-order valence-corrected chi connectivity index (χ4v) is 12.2. The van der Waals surface area contributed by atoms with Crippen molar-refractivity contribution in [2.24, 2.45) is 0 Å². The van der Waals surface area contributed by atoms with Crippen molar-refractivity contribution in [3.05, 3.63) is 95.7 Å². The molecule has 0 aliphatic rings.